The molecular weight excluding hydrogens is 416 g/mol. The summed E-state index contributed by atoms with van der Waals surface area (Å²) in [5, 5.41) is 15.2. The highest BCUT2D eigenvalue weighted by molar-refractivity contribution is 9.10. The summed E-state index contributed by atoms with van der Waals surface area (Å²) in [7, 11) is 0. The molecule has 0 bridgehead atoms. The number of nitrogens with one attached hydrogen (secondary N) is 2. The highest BCUT2D eigenvalue weighted by Crippen LogP contribution is 2.33. The van der Waals surface area contributed by atoms with Crippen LogP contribution in [-0.2, 0) is 0 Å². The lowest BCUT2D eigenvalue weighted by Gasteiger charge is -2.13. The van der Waals surface area contributed by atoms with Crippen LogP contribution in [0.15, 0.2) is 57.9 Å². The molecule has 0 saturated heterocycles. The molecule has 2 aromatic heterocycles. The number of pyridine rings is 2. The van der Waals surface area contributed by atoms with Gasteiger partial charge in [-0.15, -0.1) is 0 Å². The molecule has 0 radical (unpaired) electrons. The van der Waals surface area contributed by atoms with Crippen LogP contribution in [0.2, 0.25) is 5.02 Å². The number of aromatic nitrogens is 2. The first-order valence-electron chi connectivity index (χ1n) is 7.63. The van der Waals surface area contributed by atoms with E-state index in [4.69, 9.17) is 16.9 Å². The summed E-state index contributed by atoms with van der Waals surface area (Å²) in [6, 6.07) is 14.3. The fourth-order valence-electron chi connectivity index (χ4n) is 2.81. The second-order valence-corrected chi connectivity index (χ2v) is 7.00. The van der Waals surface area contributed by atoms with Crippen molar-refractivity contribution in [2.75, 3.05) is 5.32 Å². The molecule has 0 atom stereocenters. The normalized spacial score (nSPS) is 10.8. The van der Waals surface area contributed by atoms with Crippen molar-refractivity contribution < 1.29 is 0 Å². The number of H-pyrrole nitrogens is 1. The summed E-state index contributed by atoms with van der Waals surface area (Å²) in [6.07, 6.45) is 1.67. The van der Waals surface area contributed by atoms with Gasteiger partial charge in [-0.05, 0) is 36.4 Å². The molecule has 0 aliphatic carbocycles. The molecule has 7 heteroatoms. The minimum Gasteiger partial charge on any atom is -0.338 e. The van der Waals surface area contributed by atoms with Crippen molar-refractivity contribution in [2.45, 2.75) is 0 Å². The molecule has 0 spiro atoms. The van der Waals surface area contributed by atoms with Crippen LogP contribution in [0.3, 0.4) is 0 Å². The number of nitriles is 1. The molecule has 2 aromatic carbocycles. The Morgan fingerprint density at radius 3 is 2.77 bits per heavy atom. The topological polar surface area (TPSA) is 81.6 Å². The Bertz CT molecular complexity index is 1280. The molecule has 0 unspecified atom stereocenters. The van der Waals surface area contributed by atoms with E-state index < -0.39 is 0 Å². The van der Waals surface area contributed by atoms with Crippen molar-refractivity contribution in [1.29, 1.82) is 5.26 Å². The van der Waals surface area contributed by atoms with Gasteiger partial charge in [0.1, 0.15) is 5.82 Å². The SMILES string of the molecule is N#Cc1ccc(Cl)c(Nc2nc3ccc(Br)cc3c3c[nH]c(=O)cc23)c1. The molecule has 4 rings (SSSR count). The maximum atomic E-state index is 11.9. The van der Waals surface area contributed by atoms with Crippen molar-refractivity contribution in [3.05, 3.63) is 74.1 Å². The van der Waals surface area contributed by atoms with E-state index in [9.17, 15) is 4.79 Å². The number of anilines is 2. The quantitative estimate of drug-likeness (QED) is 0.437. The number of hydrogen-bond acceptors (Lipinski definition) is 4. The predicted molar refractivity (Wildman–Crippen MR) is 107 cm³/mol. The fraction of sp³-hybridized carbons (Fsp3) is 0. The summed E-state index contributed by atoms with van der Waals surface area (Å²) in [5.41, 5.74) is 1.57. The van der Waals surface area contributed by atoms with E-state index >= 15 is 0 Å². The Balaban J connectivity index is 2.00. The molecule has 2 heterocycles. The smallest absolute Gasteiger partial charge is 0.248 e. The summed E-state index contributed by atoms with van der Waals surface area (Å²) in [5.74, 6) is 0.498. The molecule has 0 aliphatic rings. The first-order valence-corrected chi connectivity index (χ1v) is 8.80. The largest absolute Gasteiger partial charge is 0.338 e. The third kappa shape index (κ3) is 2.92. The highest BCUT2D eigenvalue weighted by Gasteiger charge is 2.12. The maximum Gasteiger partial charge on any atom is 0.248 e. The van der Waals surface area contributed by atoms with Gasteiger partial charge in [0, 0.05) is 32.9 Å². The molecule has 0 saturated carbocycles. The maximum absolute atomic E-state index is 11.9. The molecule has 0 amide bonds. The van der Waals surface area contributed by atoms with Gasteiger partial charge in [0.05, 0.1) is 27.9 Å². The molecule has 2 N–H and O–H groups in total. The van der Waals surface area contributed by atoms with Gasteiger partial charge < -0.3 is 10.3 Å². The Hall–Kier alpha value is -2.88. The number of nitrogens with zero attached hydrogens (tertiary/aromatic N) is 2. The molecular formula is C19H10BrClN4O. The molecule has 4 aromatic rings. The predicted octanol–water partition coefficient (Wildman–Crippen LogP) is 5.11. The molecule has 0 fully saturated rings. The Labute approximate surface area is 161 Å². The van der Waals surface area contributed by atoms with Crippen molar-refractivity contribution in [1.82, 2.24) is 9.97 Å². The van der Waals surface area contributed by atoms with Crippen LogP contribution in [-0.4, -0.2) is 9.97 Å². The van der Waals surface area contributed by atoms with E-state index in [0.29, 0.717) is 27.5 Å². The summed E-state index contributed by atoms with van der Waals surface area (Å²) >= 11 is 9.72. The monoisotopic (exact) mass is 424 g/mol. The number of aromatic amines is 1. The lowest BCUT2D eigenvalue weighted by Crippen LogP contribution is -2.05. The van der Waals surface area contributed by atoms with E-state index in [1.54, 1.807) is 24.4 Å². The van der Waals surface area contributed by atoms with Crippen LogP contribution < -0.4 is 10.9 Å². The fourth-order valence-corrected chi connectivity index (χ4v) is 3.33. The standard InChI is InChI=1S/C19H10BrClN4O/c20-11-2-4-16-12(6-11)14-9-23-18(26)7-13(14)19(24-16)25-17-5-10(8-22)1-3-15(17)21/h1-7,9H,(H,23,26)(H,24,25). The van der Waals surface area contributed by atoms with Crippen molar-refractivity contribution in [3.8, 4) is 6.07 Å². The summed E-state index contributed by atoms with van der Waals surface area (Å²) in [6.45, 7) is 0. The van der Waals surface area contributed by atoms with Crippen LogP contribution >= 0.6 is 27.5 Å². The number of fused-ring (bicyclic) bond motifs is 3. The summed E-state index contributed by atoms with van der Waals surface area (Å²) in [4.78, 5) is 19.2. The average molecular weight is 426 g/mol. The number of halogens is 2. The Morgan fingerprint density at radius 1 is 1.12 bits per heavy atom. The van der Waals surface area contributed by atoms with Gasteiger partial charge in [-0.1, -0.05) is 27.5 Å². The second kappa shape index (κ2) is 6.45. The zero-order chi connectivity index (χ0) is 18.3. The van der Waals surface area contributed by atoms with Crippen molar-refractivity contribution in [3.63, 3.8) is 0 Å². The number of benzene rings is 2. The van der Waals surface area contributed by atoms with E-state index in [0.717, 1.165) is 20.8 Å². The lowest BCUT2D eigenvalue weighted by atomic mass is 10.1. The zero-order valence-corrected chi connectivity index (χ0v) is 15.5. The van der Waals surface area contributed by atoms with Crippen LogP contribution in [0.5, 0.6) is 0 Å². The zero-order valence-electron chi connectivity index (χ0n) is 13.2. The van der Waals surface area contributed by atoms with Gasteiger partial charge in [0.25, 0.3) is 0 Å². The van der Waals surface area contributed by atoms with E-state index in [1.165, 1.54) is 6.07 Å². The van der Waals surface area contributed by atoms with Crippen LogP contribution in [0.25, 0.3) is 21.7 Å². The average Bonchev–Trinajstić information content (AvgIpc) is 2.64. The van der Waals surface area contributed by atoms with E-state index in [2.05, 4.69) is 37.3 Å². The lowest BCUT2D eigenvalue weighted by molar-refractivity contribution is 1.26. The van der Waals surface area contributed by atoms with Crippen LogP contribution in [0, 0.1) is 11.3 Å². The van der Waals surface area contributed by atoms with Crippen molar-refractivity contribution >= 4 is 60.7 Å². The highest BCUT2D eigenvalue weighted by atomic mass is 79.9. The van der Waals surface area contributed by atoms with E-state index in [1.807, 2.05) is 18.2 Å². The first-order chi connectivity index (χ1) is 12.5. The molecule has 126 valence electrons. The third-order valence-electron chi connectivity index (χ3n) is 4.01. The minimum atomic E-state index is -0.228. The van der Waals surface area contributed by atoms with Gasteiger partial charge in [0.2, 0.25) is 5.56 Å². The van der Waals surface area contributed by atoms with Gasteiger partial charge in [-0.2, -0.15) is 5.26 Å². The third-order valence-corrected chi connectivity index (χ3v) is 4.83. The second-order valence-electron chi connectivity index (χ2n) is 5.68. The van der Waals surface area contributed by atoms with Crippen LogP contribution in [0.4, 0.5) is 11.5 Å². The number of rotatable bonds is 2. The first kappa shape index (κ1) is 16.6. The van der Waals surface area contributed by atoms with Gasteiger partial charge in [-0.3, -0.25) is 4.79 Å². The Morgan fingerprint density at radius 2 is 1.96 bits per heavy atom. The van der Waals surface area contributed by atoms with Gasteiger partial charge in [0.15, 0.2) is 0 Å². The Kier molecular flexibility index (Phi) is 4.11. The number of hydrogen-bond donors (Lipinski definition) is 2. The molecule has 26 heavy (non-hydrogen) atoms. The summed E-state index contributed by atoms with van der Waals surface area (Å²) < 4.78 is 0.921. The van der Waals surface area contributed by atoms with Gasteiger partial charge >= 0.3 is 0 Å². The van der Waals surface area contributed by atoms with Gasteiger partial charge in [-0.25, -0.2) is 4.98 Å². The van der Waals surface area contributed by atoms with Crippen LogP contribution in [0.1, 0.15) is 5.56 Å². The molecule has 0 aliphatic heterocycles. The minimum absolute atomic E-state index is 0.228. The van der Waals surface area contributed by atoms with Crippen molar-refractivity contribution in [2.24, 2.45) is 0 Å². The van der Waals surface area contributed by atoms with E-state index in [-0.39, 0.29) is 5.56 Å². The molecule has 5 nitrogen and oxygen atoms in total.